The first-order chi connectivity index (χ1) is 16.1. The number of nitro benzene ring substituents is 1. The second-order valence-corrected chi connectivity index (χ2v) is 9.15. The van der Waals surface area contributed by atoms with Gasteiger partial charge in [-0.15, -0.1) is 0 Å². The van der Waals surface area contributed by atoms with E-state index in [2.05, 4.69) is 23.1 Å². The average Bonchev–Trinajstić information content (AvgIpc) is 3.32. The van der Waals surface area contributed by atoms with Gasteiger partial charge in [-0.1, -0.05) is 24.3 Å². The number of rotatable bonds is 5. The van der Waals surface area contributed by atoms with Crippen molar-refractivity contribution in [3.8, 4) is 5.75 Å². The van der Waals surface area contributed by atoms with Gasteiger partial charge in [-0.3, -0.25) is 19.8 Å². The first-order valence-corrected chi connectivity index (χ1v) is 11.8. The van der Waals surface area contributed by atoms with Crippen molar-refractivity contribution in [2.45, 2.75) is 25.8 Å². The molecule has 3 heterocycles. The fraction of sp³-hybridized carbons (Fsp3) is 0.480. The summed E-state index contributed by atoms with van der Waals surface area (Å²) in [4.78, 5) is 30.6. The van der Waals surface area contributed by atoms with Crippen LogP contribution in [0.5, 0.6) is 5.75 Å². The molecule has 0 unspecified atom stereocenters. The second kappa shape index (κ2) is 9.39. The zero-order valence-corrected chi connectivity index (χ0v) is 18.8. The number of carbonyl (C=O) groups is 1. The predicted octanol–water partition coefficient (Wildman–Crippen LogP) is 3.09. The minimum atomic E-state index is -0.331. The number of amides is 1. The van der Waals surface area contributed by atoms with Crippen molar-refractivity contribution in [2.75, 3.05) is 50.8 Å². The maximum atomic E-state index is 13.1. The molecule has 2 aromatic rings. The highest BCUT2D eigenvalue weighted by molar-refractivity contribution is 5.79. The van der Waals surface area contributed by atoms with E-state index in [0.29, 0.717) is 18.8 Å². The number of hydrogen-bond acceptors (Lipinski definition) is 6. The number of para-hydroxylation sites is 2. The Labute approximate surface area is 193 Å². The van der Waals surface area contributed by atoms with Gasteiger partial charge in [-0.05, 0) is 36.1 Å². The lowest BCUT2D eigenvalue weighted by Gasteiger charge is -2.39. The minimum absolute atomic E-state index is 0.00674. The Hall–Kier alpha value is -3.13. The summed E-state index contributed by atoms with van der Waals surface area (Å²) in [6, 6.07) is 13.3. The molecule has 2 fully saturated rings. The number of anilines is 1. The van der Waals surface area contributed by atoms with Crippen LogP contribution in [0.4, 0.5) is 11.4 Å². The fourth-order valence-electron chi connectivity index (χ4n) is 5.23. The van der Waals surface area contributed by atoms with Crippen molar-refractivity contribution >= 4 is 17.3 Å². The molecule has 2 aromatic carbocycles. The molecule has 0 atom stereocenters. The highest BCUT2D eigenvalue weighted by atomic mass is 16.6. The molecule has 2 saturated heterocycles. The van der Waals surface area contributed by atoms with E-state index in [4.69, 9.17) is 4.74 Å². The van der Waals surface area contributed by atoms with Crippen LogP contribution in [-0.2, 0) is 17.8 Å². The Morgan fingerprint density at radius 3 is 2.55 bits per heavy atom. The van der Waals surface area contributed by atoms with Crippen molar-refractivity contribution < 1.29 is 14.5 Å². The highest BCUT2D eigenvalue weighted by Gasteiger charge is 2.32. The summed E-state index contributed by atoms with van der Waals surface area (Å²) in [7, 11) is 0. The third-order valence-corrected chi connectivity index (χ3v) is 7.11. The predicted molar refractivity (Wildman–Crippen MR) is 126 cm³/mol. The number of nitro groups is 1. The molecular weight excluding hydrogens is 420 g/mol. The van der Waals surface area contributed by atoms with E-state index in [1.807, 2.05) is 15.9 Å². The lowest BCUT2D eigenvalue weighted by Crippen LogP contribution is -2.51. The topological polar surface area (TPSA) is 79.2 Å². The third kappa shape index (κ3) is 4.66. The Kier molecular flexibility index (Phi) is 6.17. The normalized spacial score (nSPS) is 19.3. The maximum Gasteiger partial charge on any atom is 0.292 e. The molecule has 8 heteroatoms. The smallest absolute Gasteiger partial charge is 0.292 e. The maximum absolute atomic E-state index is 13.1. The third-order valence-electron chi connectivity index (χ3n) is 7.11. The first-order valence-electron chi connectivity index (χ1n) is 11.8. The molecule has 0 aromatic heterocycles. The molecule has 8 nitrogen and oxygen atoms in total. The van der Waals surface area contributed by atoms with Crippen LogP contribution in [0.1, 0.15) is 24.0 Å². The van der Waals surface area contributed by atoms with E-state index in [1.54, 1.807) is 18.2 Å². The second-order valence-electron chi connectivity index (χ2n) is 9.15. The van der Waals surface area contributed by atoms with E-state index < -0.39 is 0 Å². The molecule has 0 spiro atoms. The molecule has 3 aliphatic rings. The van der Waals surface area contributed by atoms with Crippen molar-refractivity contribution in [3.05, 3.63) is 63.7 Å². The molecular formula is C25H30N4O4. The first kappa shape index (κ1) is 21.7. The lowest BCUT2D eigenvalue weighted by atomic mass is 9.94. The molecule has 1 amide bonds. The summed E-state index contributed by atoms with van der Waals surface area (Å²) in [5, 5.41) is 11.3. The van der Waals surface area contributed by atoms with Crippen LogP contribution < -0.4 is 9.64 Å². The van der Waals surface area contributed by atoms with E-state index in [9.17, 15) is 14.9 Å². The van der Waals surface area contributed by atoms with Gasteiger partial charge in [-0.25, -0.2) is 0 Å². The number of benzene rings is 2. The molecule has 3 aliphatic heterocycles. The van der Waals surface area contributed by atoms with Gasteiger partial charge in [0.05, 0.1) is 11.5 Å². The van der Waals surface area contributed by atoms with Gasteiger partial charge in [0, 0.05) is 64.2 Å². The molecule has 0 bridgehead atoms. The van der Waals surface area contributed by atoms with Gasteiger partial charge in [0.1, 0.15) is 11.4 Å². The van der Waals surface area contributed by atoms with Gasteiger partial charge >= 0.3 is 0 Å². The van der Waals surface area contributed by atoms with Gasteiger partial charge in [-0.2, -0.15) is 0 Å². The highest BCUT2D eigenvalue weighted by Crippen LogP contribution is 2.32. The van der Waals surface area contributed by atoms with E-state index in [0.717, 1.165) is 64.3 Å². The largest absolute Gasteiger partial charge is 0.493 e. The summed E-state index contributed by atoms with van der Waals surface area (Å²) < 4.78 is 5.60. The van der Waals surface area contributed by atoms with Crippen molar-refractivity contribution in [3.63, 3.8) is 0 Å². The van der Waals surface area contributed by atoms with Gasteiger partial charge in [0.15, 0.2) is 0 Å². The van der Waals surface area contributed by atoms with Gasteiger partial charge < -0.3 is 14.5 Å². The van der Waals surface area contributed by atoms with Crippen LogP contribution in [0.15, 0.2) is 42.5 Å². The fourth-order valence-corrected chi connectivity index (χ4v) is 5.23. The molecule has 0 radical (unpaired) electrons. The van der Waals surface area contributed by atoms with Crippen LogP contribution in [-0.4, -0.2) is 66.5 Å². The van der Waals surface area contributed by atoms with E-state index >= 15 is 0 Å². The Morgan fingerprint density at radius 2 is 1.79 bits per heavy atom. The van der Waals surface area contributed by atoms with Gasteiger partial charge in [0.25, 0.3) is 5.69 Å². The van der Waals surface area contributed by atoms with Crippen molar-refractivity contribution in [1.82, 2.24) is 9.80 Å². The molecule has 174 valence electrons. The molecule has 0 aliphatic carbocycles. The average molecular weight is 451 g/mol. The van der Waals surface area contributed by atoms with Crippen LogP contribution in [0.3, 0.4) is 0 Å². The van der Waals surface area contributed by atoms with Crippen molar-refractivity contribution in [2.24, 2.45) is 5.92 Å². The Bertz CT molecular complexity index is 1030. The number of piperazine rings is 1. The number of fused-ring (bicyclic) bond motifs is 1. The molecule has 33 heavy (non-hydrogen) atoms. The van der Waals surface area contributed by atoms with E-state index in [1.165, 1.54) is 11.1 Å². The number of piperidine rings is 1. The summed E-state index contributed by atoms with van der Waals surface area (Å²) in [5.41, 5.74) is 3.39. The van der Waals surface area contributed by atoms with Crippen molar-refractivity contribution in [1.29, 1.82) is 0 Å². The lowest BCUT2D eigenvalue weighted by molar-refractivity contribution is -0.384. The molecule has 0 N–H and O–H groups in total. The SMILES string of the molecule is O=C(C1CCN(c2ccccc2[N+](=O)[O-])CC1)N1CCN(Cc2ccc3c(c2)CCO3)CC1. The molecule has 5 rings (SSSR count). The summed E-state index contributed by atoms with van der Waals surface area (Å²) in [6.45, 7) is 6.31. The van der Waals surface area contributed by atoms with Crippen LogP contribution in [0.2, 0.25) is 0 Å². The number of nitrogens with zero attached hydrogens (tertiary/aromatic N) is 4. The Balaban J connectivity index is 1.11. The number of hydrogen-bond donors (Lipinski definition) is 0. The zero-order valence-electron chi connectivity index (χ0n) is 18.8. The summed E-state index contributed by atoms with van der Waals surface area (Å²) in [6.07, 6.45) is 2.46. The minimum Gasteiger partial charge on any atom is -0.493 e. The monoisotopic (exact) mass is 450 g/mol. The Morgan fingerprint density at radius 1 is 1.03 bits per heavy atom. The molecule has 0 saturated carbocycles. The van der Waals surface area contributed by atoms with Crippen LogP contribution in [0, 0.1) is 16.0 Å². The van der Waals surface area contributed by atoms with E-state index in [-0.39, 0.29) is 22.4 Å². The number of ether oxygens (including phenoxy) is 1. The van der Waals surface area contributed by atoms with Gasteiger partial charge in [0.2, 0.25) is 5.91 Å². The summed E-state index contributed by atoms with van der Waals surface area (Å²) >= 11 is 0. The summed E-state index contributed by atoms with van der Waals surface area (Å²) in [5.74, 6) is 1.26. The number of carbonyl (C=O) groups excluding carboxylic acids is 1. The van der Waals surface area contributed by atoms with Crippen LogP contribution >= 0.6 is 0 Å². The standard InChI is InChI=1S/C25H30N4O4/c30-25(20-7-10-27(11-8-20)22-3-1-2-4-23(22)29(31)32)28-14-12-26(13-15-28)18-19-5-6-24-21(17-19)9-16-33-24/h1-6,17,20H,7-16,18H2. The van der Waals surface area contributed by atoms with Crippen LogP contribution in [0.25, 0.3) is 0 Å². The quantitative estimate of drug-likeness (QED) is 0.515. The zero-order chi connectivity index (χ0) is 22.8.